The largest absolute Gasteiger partial charge is 0.496 e. The Morgan fingerprint density at radius 2 is 1.64 bits per heavy atom. The van der Waals surface area contributed by atoms with Gasteiger partial charge < -0.3 is 14.5 Å². The molecule has 5 rings (SSSR count). The Labute approximate surface area is 191 Å². The highest BCUT2D eigenvalue weighted by molar-refractivity contribution is 6.06. The number of benzene rings is 3. The van der Waals surface area contributed by atoms with Gasteiger partial charge in [-0.2, -0.15) is 0 Å². The van der Waals surface area contributed by atoms with Gasteiger partial charge >= 0.3 is 0 Å². The minimum atomic E-state index is -0.281. The third kappa shape index (κ3) is 3.96. The second-order valence-corrected chi connectivity index (χ2v) is 7.70. The third-order valence-electron chi connectivity index (χ3n) is 5.60. The van der Waals surface area contributed by atoms with Crippen LogP contribution in [0.15, 0.2) is 95.4 Å². The number of methoxy groups -OCH3 is 1. The van der Waals surface area contributed by atoms with E-state index in [1.807, 2.05) is 97.9 Å². The van der Waals surface area contributed by atoms with Gasteiger partial charge in [0.05, 0.1) is 18.5 Å². The van der Waals surface area contributed by atoms with Crippen molar-refractivity contribution < 1.29 is 13.9 Å². The molecule has 1 amide bonds. The number of hydrogen-bond acceptors (Lipinski definition) is 4. The number of aryl methyl sites for hydroxylation is 1. The van der Waals surface area contributed by atoms with Gasteiger partial charge in [0, 0.05) is 27.8 Å². The molecule has 3 aromatic carbocycles. The van der Waals surface area contributed by atoms with Gasteiger partial charge in [-0.3, -0.25) is 4.79 Å². The number of carbonyl (C=O) groups is 1. The Morgan fingerprint density at radius 1 is 0.879 bits per heavy atom. The second kappa shape index (κ2) is 8.63. The molecule has 0 aliphatic heterocycles. The smallest absolute Gasteiger partial charge is 0.291 e. The van der Waals surface area contributed by atoms with Crippen LogP contribution in [-0.2, 0) is 0 Å². The van der Waals surface area contributed by atoms with Crippen LogP contribution in [0, 0.1) is 6.92 Å². The van der Waals surface area contributed by atoms with Crippen molar-refractivity contribution >= 4 is 22.6 Å². The minimum absolute atomic E-state index is 0.281. The summed E-state index contributed by atoms with van der Waals surface area (Å²) in [5, 5.41) is 3.89. The number of rotatable bonds is 5. The summed E-state index contributed by atoms with van der Waals surface area (Å²) in [7, 11) is 1.65. The van der Waals surface area contributed by atoms with Crippen molar-refractivity contribution in [2.45, 2.75) is 6.92 Å². The van der Waals surface area contributed by atoms with Crippen molar-refractivity contribution in [3.05, 3.63) is 102 Å². The molecule has 0 aliphatic rings. The van der Waals surface area contributed by atoms with E-state index in [-0.39, 0.29) is 5.91 Å². The van der Waals surface area contributed by atoms with Gasteiger partial charge in [-0.1, -0.05) is 48.5 Å². The fraction of sp³-hybridized carbons (Fsp3) is 0.0714. The number of nitrogens with one attached hydrogen (secondary N) is 1. The molecule has 5 aromatic rings. The lowest BCUT2D eigenvalue weighted by Crippen LogP contribution is -2.12. The molecule has 0 aliphatic carbocycles. The third-order valence-corrected chi connectivity index (χ3v) is 5.60. The van der Waals surface area contributed by atoms with Crippen molar-refractivity contribution in [1.29, 1.82) is 0 Å². The molecule has 0 bridgehead atoms. The number of pyridine rings is 1. The number of hydrogen-bond donors (Lipinski definition) is 1. The molecule has 0 spiro atoms. The molecule has 5 heteroatoms. The predicted octanol–water partition coefficient (Wildman–Crippen LogP) is 6.73. The second-order valence-electron chi connectivity index (χ2n) is 7.70. The van der Waals surface area contributed by atoms with E-state index < -0.39 is 0 Å². The summed E-state index contributed by atoms with van der Waals surface area (Å²) in [6.45, 7) is 1.89. The molecule has 5 nitrogen and oxygen atoms in total. The highest BCUT2D eigenvalue weighted by Crippen LogP contribution is 2.31. The van der Waals surface area contributed by atoms with E-state index in [1.54, 1.807) is 7.11 Å². The minimum Gasteiger partial charge on any atom is -0.496 e. The number of para-hydroxylation sites is 2. The average molecular weight is 434 g/mol. The topological polar surface area (TPSA) is 64.4 Å². The lowest BCUT2D eigenvalue weighted by molar-refractivity contribution is 0.0998. The normalized spacial score (nSPS) is 10.8. The van der Waals surface area contributed by atoms with Crippen LogP contribution in [0.25, 0.3) is 33.5 Å². The fourth-order valence-electron chi connectivity index (χ4n) is 3.94. The van der Waals surface area contributed by atoms with Crippen LogP contribution >= 0.6 is 0 Å². The van der Waals surface area contributed by atoms with Crippen LogP contribution in [0.1, 0.15) is 16.1 Å². The molecular weight excluding hydrogens is 412 g/mol. The summed E-state index contributed by atoms with van der Waals surface area (Å²) < 4.78 is 11.3. The predicted molar refractivity (Wildman–Crippen MR) is 131 cm³/mol. The van der Waals surface area contributed by atoms with Gasteiger partial charge in [0.25, 0.3) is 5.91 Å². The van der Waals surface area contributed by atoms with Crippen LogP contribution in [0.3, 0.4) is 0 Å². The van der Waals surface area contributed by atoms with E-state index in [0.29, 0.717) is 17.0 Å². The number of carbonyl (C=O) groups excluding carboxylic acids is 1. The van der Waals surface area contributed by atoms with Gasteiger partial charge in [0.1, 0.15) is 11.3 Å². The van der Waals surface area contributed by atoms with Crippen molar-refractivity contribution in [2.75, 3.05) is 12.4 Å². The Hall–Kier alpha value is -4.38. The first-order chi connectivity index (χ1) is 16.1. The molecule has 1 N–H and O–H groups in total. The molecule has 162 valence electrons. The van der Waals surface area contributed by atoms with Crippen LogP contribution < -0.4 is 10.1 Å². The first kappa shape index (κ1) is 20.5. The lowest BCUT2D eigenvalue weighted by Gasteiger charge is -2.10. The van der Waals surface area contributed by atoms with Gasteiger partial charge in [-0.15, -0.1) is 0 Å². The van der Waals surface area contributed by atoms with E-state index in [9.17, 15) is 4.79 Å². The van der Waals surface area contributed by atoms with Gasteiger partial charge in [0.15, 0.2) is 5.76 Å². The van der Waals surface area contributed by atoms with Crippen LogP contribution in [0.2, 0.25) is 0 Å². The zero-order valence-electron chi connectivity index (χ0n) is 18.3. The van der Waals surface area contributed by atoms with E-state index in [0.717, 1.165) is 39.2 Å². The molecule has 0 radical (unpaired) electrons. The number of aromatic nitrogens is 1. The standard InChI is InChI=1S/C28H22N2O3/c1-18-21-11-3-6-16-26(21)33-27(18)28(31)29-20-10-7-9-19(17-20)23-13-8-14-24(30-23)22-12-4-5-15-25(22)32-2/h3-17H,1-2H3,(H,29,31). The zero-order chi connectivity index (χ0) is 22.8. The summed E-state index contributed by atoms with van der Waals surface area (Å²) in [4.78, 5) is 17.8. The average Bonchev–Trinajstić information content (AvgIpc) is 3.21. The fourth-order valence-corrected chi connectivity index (χ4v) is 3.94. The Bertz CT molecular complexity index is 1470. The van der Waals surface area contributed by atoms with Crippen molar-refractivity contribution in [3.8, 4) is 28.3 Å². The molecule has 0 saturated heterocycles. The molecule has 0 atom stereocenters. The molecular formula is C28H22N2O3. The van der Waals surface area contributed by atoms with E-state index in [4.69, 9.17) is 14.1 Å². The van der Waals surface area contributed by atoms with Gasteiger partial charge in [-0.25, -0.2) is 4.98 Å². The highest BCUT2D eigenvalue weighted by Gasteiger charge is 2.18. The quantitative estimate of drug-likeness (QED) is 0.333. The number of anilines is 1. The van der Waals surface area contributed by atoms with Crippen molar-refractivity contribution in [1.82, 2.24) is 4.98 Å². The van der Waals surface area contributed by atoms with Gasteiger partial charge in [-0.05, 0) is 49.4 Å². The number of amides is 1. The van der Waals surface area contributed by atoms with E-state index >= 15 is 0 Å². The highest BCUT2D eigenvalue weighted by atomic mass is 16.5. The summed E-state index contributed by atoms with van der Waals surface area (Å²) in [5.74, 6) is 0.804. The molecule has 33 heavy (non-hydrogen) atoms. The van der Waals surface area contributed by atoms with E-state index in [1.165, 1.54) is 0 Å². The Morgan fingerprint density at radius 3 is 2.48 bits per heavy atom. The van der Waals surface area contributed by atoms with Crippen LogP contribution in [0.5, 0.6) is 5.75 Å². The SMILES string of the molecule is COc1ccccc1-c1cccc(-c2cccc(NC(=O)c3oc4ccccc4c3C)c2)n1. The van der Waals surface area contributed by atoms with Gasteiger partial charge in [0.2, 0.25) is 0 Å². The molecule has 0 saturated carbocycles. The van der Waals surface area contributed by atoms with Crippen molar-refractivity contribution in [3.63, 3.8) is 0 Å². The monoisotopic (exact) mass is 434 g/mol. The maximum Gasteiger partial charge on any atom is 0.291 e. The first-order valence-corrected chi connectivity index (χ1v) is 10.6. The zero-order valence-corrected chi connectivity index (χ0v) is 18.3. The maximum atomic E-state index is 12.9. The lowest BCUT2D eigenvalue weighted by atomic mass is 10.1. The van der Waals surface area contributed by atoms with Crippen LogP contribution in [0.4, 0.5) is 5.69 Å². The maximum absolute atomic E-state index is 12.9. The summed E-state index contributed by atoms with van der Waals surface area (Å²) in [6, 6.07) is 28.9. The molecule has 0 unspecified atom stereocenters. The number of furan rings is 1. The number of fused-ring (bicyclic) bond motifs is 1. The van der Waals surface area contributed by atoms with E-state index in [2.05, 4.69) is 5.32 Å². The summed E-state index contributed by atoms with van der Waals surface area (Å²) in [5.41, 5.74) is 5.63. The number of ether oxygens (including phenoxy) is 1. The molecule has 0 fully saturated rings. The van der Waals surface area contributed by atoms with Crippen molar-refractivity contribution in [2.24, 2.45) is 0 Å². The molecule has 2 aromatic heterocycles. The first-order valence-electron chi connectivity index (χ1n) is 10.6. The summed E-state index contributed by atoms with van der Waals surface area (Å²) in [6.07, 6.45) is 0. The van der Waals surface area contributed by atoms with Crippen LogP contribution in [-0.4, -0.2) is 18.0 Å². The molecule has 2 heterocycles. The Kier molecular flexibility index (Phi) is 5.37. The summed E-state index contributed by atoms with van der Waals surface area (Å²) >= 11 is 0. The number of nitrogens with zero attached hydrogens (tertiary/aromatic N) is 1. The Balaban J connectivity index is 1.44.